The van der Waals surface area contributed by atoms with Crippen LogP contribution in [0.1, 0.15) is 31.0 Å². The van der Waals surface area contributed by atoms with Gasteiger partial charge in [-0.15, -0.1) is 0 Å². The van der Waals surface area contributed by atoms with Crippen LogP contribution >= 0.6 is 0 Å². The Morgan fingerprint density at radius 2 is 2.08 bits per heavy atom. The molecule has 0 spiro atoms. The molecule has 0 radical (unpaired) electrons. The SMILES string of the molecule is Cn1ccnc1C1CCC(C(=O)O)(n2cc(-c3ccccc3)cn2)C1. The number of nitrogens with zero attached hydrogens (tertiary/aromatic N) is 4. The fourth-order valence-corrected chi connectivity index (χ4v) is 3.85. The van der Waals surface area contributed by atoms with Crippen molar-refractivity contribution in [3.8, 4) is 11.1 Å². The van der Waals surface area contributed by atoms with Crippen molar-refractivity contribution in [3.05, 3.63) is 60.9 Å². The van der Waals surface area contributed by atoms with Crippen LogP contribution in [0.4, 0.5) is 0 Å². The minimum atomic E-state index is -1.01. The van der Waals surface area contributed by atoms with E-state index in [1.807, 2.05) is 54.3 Å². The van der Waals surface area contributed by atoms with Crippen LogP contribution in [-0.4, -0.2) is 30.4 Å². The van der Waals surface area contributed by atoms with Crippen molar-refractivity contribution in [1.82, 2.24) is 19.3 Å². The smallest absolute Gasteiger partial charge is 0.331 e. The number of carboxylic acids is 1. The quantitative estimate of drug-likeness (QED) is 0.795. The third-order valence-corrected chi connectivity index (χ3v) is 5.24. The first kappa shape index (κ1) is 15.6. The molecule has 4 rings (SSSR count). The molecule has 1 N–H and O–H groups in total. The zero-order valence-corrected chi connectivity index (χ0v) is 14.0. The lowest BCUT2D eigenvalue weighted by atomic mass is 9.95. The number of aromatic nitrogens is 4. The second kappa shape index (κ2) is 5.88. The molecule has 0 saturated heterocycles. The van der Waals surface area contributed by atoms with Crippen molar-refractivity contribution < 1.29 is 9.90 Å². The average Bonchev–Trinajstić information content (AvgIpc) is 3.34. The van der Waals surface area contributed by atoms with Gasteiger partial charge in [-0.2, -0.15) is 5.10 Å². The lowest BCUT2D eigenvalue weighted by Gasteiger charge is -2.25. The van der Waals surface area contributed by atoms with Crippen LogP contribution in [-0.2, 0) is 17.4 Å². The highest BCUT2D eigenvalue weighted by atomic mass is 16.4. The van der Waals surface area contributed by atoms with Crippen LogP contribution in [0.15, 0.2) is 55.1 Å². The summed E-state index contributed by atoms with van der Waals surface area (Å²) in [7, 11) is 1.95. The van der Waals surface area contributed by atoms with E-state index < -0.39 is 11.5 Å². The maximum atomic E-state index is 12.2. The highest BCUT2D eigenvalue weighted by Gasteiger charge is 2.49. The molecule has 1 aliphatic rings. The predicted molar refractivity (Wildman–Crippen MR) is 93.1 cm³/mol. The summed E-state index contributed by atoms with van der Waals surface area (Å²) in [5, 5.41) is 14.4. The molecule has 2 aromatic heterocycles. The first-order valence-electron chi connectivity index (χ1n) is 8.41. The van der Waals surface area contributed by atoms with Crippen molar-refractivity contribution in [1.29, 1.82) is 0 Å². The van der Waals surface area contributed by atoms with Crippen molar-refractivity contribution >= 4 is 5.97 Å². The predicted octanol–water partition coefficient (Wildman–Crippen LogP) is 3.03. The molecule has 1 fully saturated rings. The van der Waals surface area contributed by atoms with Gasteiger partial charge in [-0.3, -0.25) is 4.68 Å². The number of benzene rings is 1. The van der Waals surface area contributed by atoms with E-state index in [1.165, 1.54) is 0 Å². The van der Waals surface area contributed by atoms with Gasteiger partial charge in [0.2, 0.25) is 0 Å². The molecule has 2 unspecified atom stereocenters. The number of imidazole rings is 1. The topological polar surface area (TPSA) is 72.9 Å². The normalized spacial score (nSPS) is 23.0. The first-order valence-corrected chi connectivity index (χ1v) is 8.41. The van der Waals surface area contributed by atoms with Gasteiger partial charge in [0.05, 0.1) is 6.20 Å². The standard InChI is InChI=1S/C19H20N4O2/c1-22-10-9-20-17(22)15-7-8-19(11-15,18(24)25)23-13-16(12-21-23)14-5-3-2-4-6-14/h2-6,9-10,12-13,15H,7-8,11H2,1H3,(H,24,25). The third kappa shape index (κ3) is 2.54. The third-order valence-electron chi connectivity index (χ3n) is 5.24. The van der Waals surface area contributed by atoms with E-state index in [-0.39, 0.29) is 5.92 Å². The molecule has 0 bridgehead atoms. The minimum Gasteiger partial charge on any atom is -0.479 e. The number of aliphatic carboxylic acids is 1. The fourth-order valence-electron chi connectivity index (χ4n) is 3.85. The number of hydrogen-bond acceptors (Lipinski definition) is 3. The summed E-state index contributed by atoms with van der Waals surface area (Å²) < 4.78 is 3.61. The van der Waals surface area contributed by atoms with E-state index >= 15 is 0 Å². The van der Waals surface area contributed by atoms with Crippen molar-refractivity contribution in [2.45, 2.75) is 30.7 Å². The van der Waals surface area contributed by atoms with E-state index in [4.69, 9.17) is 0 Å². The van der Waals surface area contributed by atoms with Crippen LogP contribution in [0.3, 0.4) is 0 Å². The minimum absolute atomic E-state index is 0.125. The number of hydrogen-bond donors (Lipinski definition) is 1. The van der Waals surface area contributed by atoms with Gasteiger partial charge in [0.25, 0.3) is 0 Å². The van der Waals surface area contributed by atoms with E-state index in [0.29, 0.717) is 12.8 Å². The number of carbonyl (C=O) groups is 1. The van der Waals surface area contributed by atoms with Gasteiger partial charge in [-0.05, 0) is 24.8 Å². The largest absolute Gasteiger partial charge is 0.479 e. The second-order valence-corrected chi connectivity index (χ2v) is 6.71. The Morgan fingerprint density at radius 3 is 2.76 bits per heavy atom. The lowest BCUT2D eigenvalue weighted by Crippen LogP contribution is -2.40. The zero-order valence-electron chi connectivity index (χ0n) is 14.0. The molecule has 1 saturated carbocycles. The summed E-state index contributed by atoms with van der Waals surface area (Å²) in [4.78, 5) is 16.6. The molecule has 3 aromatic rings. The lowest BCUT2D eigenvalue weighted by molar-refractivity contribution is -0.148. The van der Waals surface area contributed by atoms with Crippen LogP contribution in [0, 0.1) is 0 Å². The van der Waals surface area contributed by atoms with Crippen molar-refractivity contribution in [2.75, 3.05) is 0 Å². The summed E-state index contributed by atoms with van der Waals surface area (Å²) in [5.74, 6) is 0.242. The number of aryl methyl sites for hydroxylation is 1. The highest BCUT2D eigenvalue weighted by Crippen LogP contribution is 2.45. The molecule has 2 heterocycles. The Bertz CT molecular complexity index is 899. The number of carboxylic acid groups (broad SMARTS) is 1. The Balaban J connectivity index is 1.68. The molecule has 25 heavy (non-hydrogen) atoms. The summed E-state index contributed by atoms with van der Waals surface area (Å²) in [5.41, 5.74) is 0.957. The van der Waals surface area contributed by atoms with E-state index in [9.17, 15) is 9.90 Å². The fraction of sp³-hybridized carbons (Fsp3) is 0.316. The molecule has 1 aromatic carbocycles. The summed E-state index contributed by atoms with van der Waals surface area (Å²) in [6, 6.07) is 9.89. The van der Waals surface area contributed by atoms with Crippen molar-refractivity contribution in [2.24, 2.45) is 7.05 Å². The van der Waals surface area contributed by atoms with Crippen LogP contribution in [0.5, 0.6) is 0 Å². The van der Waals surface area contributed by atoms with Crippen LogP contribution in [0.25, 0.3) is 11.1 Å². The van der Waals surface area contributed by atoms with Gasteiger partial charge >= 0.3 is 5.97 Å². The maximum Gasteiger partial charge on any atom is 0.331 e. The maximum absolute atomic E-state index is 12.2. The average molecular weight is 336 g/mol. The molecule has 128 valence electrons. The van der Waals surface area contributed by atoms with Crippen molar-refractivity contribution in [3.63, 3.8) is 0 Å². The monoisotopic (exact) mass is 336 g/mol. The molecular weight excluding hydrogens is 316 g/mol. The van der Waals surface area contributed by atoms with Gasteiger partial charge in [-0.1, -0.05) is 30.3 Å². The number of rotatable bonds is 4. The summed E-state index contributed by atoms with van der Waals surface area (Å²) in [6.45, 7) is 0. The Hall–Kier alpha value is -2.89. The molecule has 0 amide bonds. The van der Waals surface area contributed by atoms with Gasteiger partial charge in [-0.25, -0.2) is 9.78 Å². The molecule has 6 heteroatoms. The molecule has 0 aliphatic heterocycles. The Labute approximate surface area is 145 Å². The molecule has 2 atom stereocenters. The Morgan fingerprint density at radius 1 is 1.28 bits per heavy atom. The summed E-state index contributed by atoms with van der Waals surface area (Å²) >= 11 is 0. The summed E-state index contributed by atoms with van der Waals surface area (Å²) in [6.07, 6.45) is 9.10. The van der Waals surface area contributed by atoms with Crippen LogP contribution < -0.4 is 0 Å². The van der Waals surface area contributed by atoms with E-state index in [0.717, 1.165) is 23.4 Å². The van der Waals surface area contributed by atoms with Crippen LogP contribution in [0.2, 0.25) is 0 Å². The Kier molecular flexibility index (Phi) is 3.67. The second-order valence-electron chi connectivity index (χ2n) is 6.71. The van der Waals surface area contributed by atoms with Gasteiger partial charge < -0.3 is 9.67 Å². The van der Waals surface area contributed by atoms with Gasteiger partial charge in [0, 0.05) is 37.1 Å². The van der Waals surface area contributed by atoms with E-state index in [1.54, 1.807) is 17.1 Å². The zero-order chi connectivity index (χ0) is 17.4. The molecule has 1 aliphatic carbocycles. The van der Waals surface area contributed by atoms with E-state index in [2.05, 4.69) is 10.1 Å². The molecule has 6 nitrogen and oxygen atoms in total. The highest BCUT2D eigenvalue weighted by molar-refractivity contribution is 5.77. The first-order chi connectivity index (χ1) is 12.1. The molecular formula is C19H20N4O2. The van der Waals surface area contributed by atoms with Gasteiger partial charge in [0.1, 0.15) is 5.82 Å². The van der Waals surface area contributed by atoms with Gasteiger partial charge in [0.15, 0.2) is 5.54 Å².